The standard InChI is InChI=1S/C21H15F2N3O5/c1-11(27)24-15-6-13(17-4-3-14(22)9-18(17)23)7-16(10-15)25-19-5-2-12(21(28)29)8-20(19)26(30)31/h2-10,25H,1H3,(H,24,27)(H,28,29). The lowest BCUT2D eigenvalue weighted by Crippen LogP contribution is -2.07. The van der Waals surface area contributed by atoms with Gasteiger partial charge in [0, 0.05) is 36.0 Å². The van der Waals surface area contributed by atoms with E-state index in [2.05, 4.69) is 10.6 Å². The monoisotopic (exact) mass is 427 g/mol. The number of nitrogens with zero attached hydrogens (tertiary/aromatic N) is 1. The minimum Gasteiger partial charge on any atom is -0.478 e. The number of benzene rings is 3. The van der Waals surface area contributed by atoms with Crippen molar-refractivity contribution in [2.45, 2.75) is 6.92 Å². The molecule has 0 aromatic heterocycles. The largest absolute Gasteiger partial charge is 0.478 e. The molecule has 3 rings (SSSR count). The van der Waals surface area contributed by atoms with E-state index < -0.39 is 34.1 Å². The molecule has 8 nitrogen and oxygen atoms in total. The van der Waals surface area contributed by atoms with Crippen LogP contribution < -0.4 is 10.6 Å². The number of nitro benzene ring substituents is 1. The van der Waals surface area contributed by atoms with E-state index in [1.807, 2.05) is 0 Å². The topological polar surface area (TPSA) is 122 Å². The van der Waals surface area contributed by atoms with Gasteiger partial charge in [-0.2, -0.15) is 0 Å². The first-order valence-corrected chi connectivity index (χ1v) is 8.81. The number of anilines is 3. The number of carboxylic acids is 1. The number of halogens is 2. The van der Waals surface area contributed by atoms with Gasteiger partial charge in [0.25, 0.3) is 5.69 Å². The second-order valence-electron chi connectivity index (χ2n) is 6.52. The van der Waals surface area contributed by atoms with Crippen molar-refractivity contribution in [1.29, 1.82) is 0 Å². The first-order valence-electron chi connectivity index (χ1n) is 8.81. The van der Waals surface area contributed by atoms with Crippen LogP contribution in [0.3, 0.4) is 0 Å². The molecule has 0 aliphatic carbocycles. The quantitative estimate of drug-likeness (QED) is 0.378. The fourth-order valence-corrected chi connectivity index (χ4v) is 2.93. The van der Waals surface area contributed by atoms with Crippen LogP contribution in [-0.2, 0) is 4.79 Å². The molecule has 0 unspecified atom stereocenters. The maximum absolute atomic E-state index is 14.3. The van der Waals surface area contributed by atoms with Crippen molar-refractivity contribution in [3.05, 3.63) is 81.9 Å². The summed E-state index contributed by atoms with van der Waals surface area (Å²) in [5.74, 6) is -3.31. The van der Waals surface area contributed by atoms with Gasteiger partial charge in [-0.1, -0.05) is 0 Å². The second-order valence-corrected chi connectivity index (χ2v) is 6.52. The lowest BCUT2D eigenvalue weighted by atomic mass is 10.0. The zero-order valence-corrected chi connectivity index (χ0v) is 16.0. The molecule has 0 atom stereocenters. The molecule has 0 saturated heterocycles. The first kappa shape index (κ1) is 21.4. The van der Waals surface area contributed by atoms with Crippen LogP contribution in [0.5, 0.6) is 0 Å². The van der Waals surface area contributed by atoms with Gasteiger partial charge in [0.15, 0.2) is 0 Å². The molecule has 0 fully saturated rings. The Morgan fingerprint density at radius 2 is 1.71 bits per heavy atom. The Morgan fingerprint density at radius 1 is 1.00 bits per heavy atom. The second kappa shape index (κ2) is 8.57. The molecule has 0 aliphatic rings. The van der Waals surface area contributed by atoms with Crippen LogP contribution in [0.25, 0.3) is 11.1 Å². The summed E-state index contributed by atoms with van der Waals surface area (Å²) in [6, 6.07) is 10.7. The number of aromatic carboxylic acids is 1. The predicted molar refractivity (Wildman–Crippen MR) is 109 cm³/mol. The van der Waals surface area contributed by atoms with Crippen molar-refractivity contribution < 1.29 is 28.4 Å². The van der Waals surface area contributed by atoms with E-state index in [1.54, 1.807) is 0 Å². The molecule has 0 radical (unpaired) electrons. The molecule has 3 aromatic rings. The summed E-state index contributed by atoms with van der Waals surface area (Å²) in [5, 5.41) is 25.8. The number of hydrogen-bond acceptors (Lipinski definition) is 5. The van der Waals surface area contributed by atoms with Gasteiger partial charge in [0.1, 0.15) is 17.3 Å². The van der Waals surface area contributed by atoms with Crippen LogP contribution in [0.1, 0.15) is 17.3 Å². The Bertz CT molecular complexity index is 1210. The van der Waals surface area contributed by atoms with Gasteiger partial charge >= 0.3 is 5.97 Å². The fourth-order valence-electron chi connectivity index (χ4n) is 2.93. The van der Waals surface area contributed by atoms with Gasteiger partial charge in [-0.15, -0.1) is 0 Å². The number of carboxylic acid groups (broad SMARTS) is 1. The number of nitro groups is 1. The Morgan fingerprint density at radius 3 is 2.32 bits per heavy atom. The van der Waals surface area contributed by atoms with E-state index in [9.17, 15) is 28.5 Å². The van der Waals surface area contributed by atoms with Crippen LogP contribution in [-0.4, -0.2) is 21.9 Å². The van der Waals surface area contributed by atoms with Crippen molar-refractivity contribution in [1.82, 2.24) is 0 Å². The highest BCUT2D eigenvalue weighted by atomic mass is 19.1. The lowest BCUT2D eigenvalue weighted by molar-refractivity contribution is -0.383. The maximum atomic E-state index is 14.3. The first-order chi connectivity index (χ1) is 14.6. The fraction of sp³-hybridized carbons (Fsp3) is 0.0476. The highest BCUT2D eigenvalue weighted by Gasteiger charge is 2.18. The number of hydrogen-bond donors (Lipinski definition) is 3. The van der Waals surface area contributed by atoms with E-state index in [0.717, 1.165) is 12.1 Å². The van der Waals surface area contributed by atoms with E-state index in [0.29, 0.717) is 6.07 Å². The SMILES string of the molecule is CC(=O)Nc1cc(Nc2ccc(C(=O)O)cc2[N+](=O)[O-])cc(-c2ccc(F)cc2F)c1. The number of carbonyl (C=O) groups is 2. The third-order valence-electron chi connectivity index (χ3n) is 4.22. The minimum atomic E-state index is -1.32. The zero-order valence-electron chi connectivity index (χ0n) is 16.0. The molecule has 31 heavy (non-hydrogen) atoms. The van der Waals surface area contributed by atoms with E-state index in [1.165, 1.54) is 43.3 Å². The van der Waals surface area contributed by atoms with Gasteiger partial charge in [0.2, 0.25) is 5.91 Å². The molecular formula is C21H15F2N3O5. The maximum Gasteiger partial charge on any atom is 0.335 e. The van der Waals surface area contributed by atoms with Gasteiger partial charge in [-0.25, -0.2) is 13.6 Å². The molecule has 1 amide bonds. The summed E-state index contributed by atoms with van der Waals surface area (Å²) in [5.41, 5.74) is 0.0683. The zero-order chi connectivity index (χ0) is 22.7. The highest BCUT2D eigenvalue weighted by Crippen LogP contribution is 2.34. The molecule has 0 heterocycles. The number of amides is 1. The van der Waals surface area contributed by atoms with Crippen molar-refractivity contribution >= 4 is 34.6 Å². The third kappa shape index (κ3) is 4.99. The van der Waals surface area contributed by atoms with Crippen molar-refractivity contribution in [2.75, 3.05) is 10.6 Å². The summed E-state index contributed by atoms with van der Waals surface area (Å²) < 4.78 is 27.6. The van der Waals surface area contributed by atoms with E-state index in [-0.39, 0.29) is 33.8 Å². The number of rotatable bonds is 6. The molecule has 10 heteroatoms. The summed E-state index contributed by atoms with van der Waals surface area (Å²) in [7, 11) is 0. The average molecular weight is 427 g/mol. The van der Waals surface area contributed by atoms with Crippen LogP contribution in [0, 0.1) is 21.7 Å². The van der Waals surface area contributed by atoms with Gasteiger partial charge < -0.3 is 15.7 Å². The normalized spacial score (nSPS) is 10.4. The van der Waals surface area contributed by atoms with Crippen LogP contribution in [0.15, 0.2) is 54.6 Å². The average Bonchev–Trinajstić information content (AvgIpc) is 2.67. The Hall–Kier alpha value is -4.34. The third-order valence-corrected chi connectivity index (χ3v) is 4.22. The predicted octanol–water partition coefficient (Wildman–Crippen LogP) is 4.94. The smallest absolute Gasteiger partial charge is 0.335 e. The lowest BCUT2D eigenvalue weighted by Gasteiger charge is -2.13. The highest BCUT2D eigenvalue weighted by molar-refractivity contribution is 5.92. The van der Waals surface area contributed by atoms with Crippen molar-refractivity contribution in [3.8, 4) is 11.1 Å². The van der Waals surface area contributed by atoms with E-state index in [4.69, 9.17) is 5.11 Å². The summed E-state index contributed by atoms with van der Waals surface area (Å²) in [4.78, 5) is 33.2. The molecule has 0 bridgehead atoms. The summed E-state index contributed by atoms with van der Waals surface area (Å²) >= 11 is 0. The number of nitrogens with one attached hydrogen (secondary N) is 2. The molecule has 158 valence electrons. The summed E-state index contributed by atoms with van der Waals surface area (Å²) in [6.07, 6.45) is 0. The summed E-state index contributed by atoms with van der Waals surface area (Å²) in [6.45, 7) is 1.27. The van der Waals surface area contributed by atoms with Crippen LogP contribution in [0.2, 0.25) is 0 Å². The van der Waals surface area contributed by atoms with Gasteiger partial charge in [-0.3, -0.25) is 14.9 Å². The molecule has 0 spiro atoms. The van der Waals surface area contributed by atoms with Gasteiger partial charge in [-0.05, 0) is 48.0 Å². The number of carbonyl (C=O) groups excluding carboxylic acids is 1. The Balaban J connectivity index is 2.10. The molecule has 3 aromatic carbocycles. The van der Waals surface area contributed by atoms with Crippen LogP contribution >= 0.6 is 0 Å². The minimum absolute atomic E-state index is 0.0134. The van der Waals surface area contributed by atoms with Gasteiger partial charge in [0.05, 0.1) is 10.5 Å². The molecular weight excluding hydrogens is 412 g/mol. The molecule has 3 N–H and O–H groups in total. The van der Waals surface area contributed by atoms with Crippen LogP contribution in [0.4, 0.5) is 31.5 Å². The Labute approximate surface area is 174 Å². The molecule has 0 aliphatic heterocycles. The van der Waals surface area contributed by atoms with E-state index >= 15 is 0 Å². The Kier molecular flexibility index (Phi) is 5.91. The van der Waals surface area contributed by atoms with Crippen molar-refractivity contribution in [2.24, 2.45) is 0 Å². The molecule has 0 saturated carbocycles. The van der Waals surface area contributed by atoms with Crippen molar-refractivity contribution in [3.63, 3.8) is 0 Å².